The minimum Gasteiger partial charge on any atom is -0.477 e. The van der Waals surface area contributed by atoms with Crippen LogP contribution in [0, 0.1) is 0 Å². The fourth-order valence-corrected chi connectivity index (χ4v) is 0.769. The van der Waals surface area contributed by atoms with E-state index in [2.05, 4.69) is 4.99 Å². The first-order chi connectivity index (χ1) is 6.20. The maximum absolute atomic E-state index is 11.1. The van der Waals surface area contributed by atoms with Crippen LogP contribution in [0.2, 0.25) is 0 Å². The van der Waals surface area contributed by atoms with E-state index in [1.807, 2.05) is 0 Å². The zero-order valence-electron chi connectivity index (χ0n) is 6.68. The van der Waals surface area contributed by atoms with Gasteiger partial charge in [-0.25, -0.2) is 9.79 Å². The first-order valence-electron chi connectivity index (χ1n) is 3.56. The lowest BCUT2D eigenvalue weighted by Crippen LogP contribution is -2.00. The maximum Gasteiger partial charge on any atom is 0.347 e. The first-order valence-corrected chi connectivity index (χ1v) is 3.56. The molecule has 0 fully saturated rings. The minimum atomic E-state index is -1.23. The predicted molar refractivity (Wildman–Crippen MR) is 46.9 cm³/mol. The molecule has 0 saturated heterocycles. The van der Waals surface area contributed by atoms with Crippen LogP contribution < -0.4 is 0 Å². The summed E-state index contributed by atoms with van der Waals surface area (Å²) in [5.41, 5.74) is 0.375. The molecule has 0 bridgehead atoms. The molecule has 4 nitrogen and oxygen atoms in total. The Bertz CT molecular complexity index is 343. The standard InChI is InChI=1S/C9H7NO3/c11-8(12)6-10-9(13)7-4-2-1-3-5-7/h1-6H,(H,11,12). The third-order valence-corrected chi connectivity index (χ3v) is 1.31. The Morgan fingerprint density at radius 2 is 1.85 bits per heavy atom. The van der Waals surface area contributed by atoms with E-state index in [1.54, 1.807) is 30.3 Å². The van der Waals surface area contributed by atoms with Gasteiger partial charge in [0.15, 0.2) is 0 Å². The molecule has 0 heterocycles. The van der Waals surface area contributed by atoms with Crippen LogP contribution >= 0.6 is 0 Å². The van der Waals surface area contributed by atoms with E-state index in [4.69, 9.17) is 5.11 Å². The molecule has 0 aliphatic carbocycles. The molecule has 66 valence electrons. The third-order valence-electron chi connectivity index (χ3n) is 1.31. The Balaban J connectivity index is 2.76. The molecule has 0 unspecified atom stereocenters. The van der Waals surface area contributed by atoms with E-state index in [9.17, 15) is 9.59 Å². The van der Waals surface area contributed by atoms with Gasteiger partial charge >= 0.3 is 5.97 Å². The van der Waals surface area contributed by atoms with E-state index in [1.165, 1.54) is 0 Å². The molecule has 1 rings (SSSR count). The van der Waals surface area contributed by atoms with Gasteiger partial charge in [-0.05, 0) is 12.1 Å². The number of carbonyl (C=O) groups excluding carboxylic acids is 1. The van der Waals surface area contributed by atoms with Gasteiger partial charge < -0.3 is 5.11 Å². The summed E-state index contributed by atoms with van der Waals surface area (Å²) in [6.07, 6.45) is 0.579. The van der Waals surface area contributed by atoms with Crippen LogP contribution in [0.1, 0.15) is 10.4 Å². The number of aliphatic imine (C=N–C) groups is 1. The van der Waals surface area contributed by atoms with E-state index >= 15 is 0 Å². The minimum absolute atomic E-state index is 0.375. The average Bonchev–Trinajstić information content (AvgIpc) is 2.15. The summed E-state index contributed by atoms with van der Waals surface area (Å²) in [5.74, 6) is -1.78. The van der Waals surface area contributed by atoms with Crippen LogP contribution in [0.5, 0.6) is 0 Å². The number of amides is 1. The first kappa shape index (κ1) is 9.12. The molecule has 0 spiro atoms. The summed E-state index contributed by atoms with van der Waals surface area (Å²) in [6, 6.07) is 8.27. The van der Waals surface area contributed by atoms with Crippen molar-refractivity contribution < 1.29 is 14.7 Å². The highest BCUT2D eigenvalue weighted by atomic mass is 16.4. The van der Waals surface area contributed by atoms with Crippen molar-refractivity contribution in [3.05, 3.63) is 35.9 Å². The predicted octanol–water partition coefficient (Wildman–Crippen LogP) is 0.982. The van der Waals surface area contributed by atoms with Gasteiger partial charge in [-0.1, -0.05) is 18.2 Å². The van der Waals surface area contributed by atoms with Crippen LogP contribution in [0.15, 0.2) is 35.3 Å². The Labute approximate surface area is 74.5 Å². The van der Waals surface area contributed by atoms with Crippen LogP contribution in [0.25, 0.3) is 0 Å². The van der Waals surface area contributed by atoms with Crippen molar-refractivity contribution in [1.29, 1.82) is 0 Å². The Hall–Kier alpha value is -1.97. The lowest BCUT2D eigenvalue weighted by Gasteiger charge is -1.91. The molecular formula is C9H7NO3. The van der Waals surface area contributed by atoms with Gasteiger partial charge in [-0.2, -0.15) is 0 Å². The summed E-state index contributed by atoms with van der Waals surface area (Å²) < 4.78 is 0. The molecule has 0 saturated carbocycles. The van der Waals surface area contributed by atoms with Crippen LogP contribution in [0.3, 0.4) is 0 Å². The molecule has 0 radical (unpaired) electrons. The summed E-state index contributed by atoms with van der Waals surface area (Å²) >= 11 is 0. The molecule has 0 aliphatic rings. The molecular weight excluding hydrogens is 170 g/mol. The molecule has 0 atom stereocenters. The lowest BCUT2D eigenvalue weighted by atomic mass is 10.2. The highest BCUT2D eigenvalue weighted by Gasteiger charge is 2.01. The SMILES string of the molecule is O=C(O)C=NC(=O)c1ccccc1. The van der Waals surface area contributed by atoms with E-state index in [0.717, 1.165) is 0 Å². The molecule has 4 heteroatoms. The van der Waals surface area contributed by atoms with Gasteiger partial charge in [0.05, 0.1) is 0 Å². The highest BCUT2D eigenvalue weighted by Crippen LogP contribution is 1.99. The average molecular weight is 177 g/mol. The number of rotatable bonds is 2. The molecule has 1 aromatic rings. The van der Waals surface area contributed by atoms with Gasteiger partial charge in [0, 0.05) is 5.56 Å². The van der Waals surface area contributed by atoms with Crippen molar-refractivity contribution in [2.45, 2.75) is 0 Å². The Kier molecular flexibility index (Phi) is 2.92. The monoisotopic (exact) mass is 177 g/mol. The third kappa shape index (κ3) is 2.86. The van der Waals surface area contributed by atoms with Crippen molar-refractivity contribution in [2.24, 2.45) is 4.99 Å². The summed E-state index contributed by atoms with van der Waals surface area (Å²) in [7, 11) is 0. The second kappa shape index (κ2) is 4.15. The summed E-state index contributed by atoms with van der Waals surface area (Å²) in [5, 5.41) is 8.21. The van der Waals surface area contributed by atoms with Crippen molar-refractivity contribution in [1.82, 2.24) is 0 Å². The Morgan fingerprint density at radius 1 is 1.23 bits per heavy atom. The maximum atomic E-state index is 11.1. The fraction of sp³-hybridized carbons (Fsp3) is 0. The second-order valence-electron chi connectivity index (χ2n) is 2.27. The van der Waals surface area contributed by atoms with Crippen molar-refractivity contribution in [3.8, 4) is 0 Å². The van der Waals surface area contributed by atoms with E-state index < -0.39 is 11.9 Å². The number of carboxylic acid groups (broad SMARTS) is 1. The normalized spacial score (nSPS) is 10.2. The van der Waals surface area contributed by atoms with Crippen LogP contribution in [-0.4, -0.2) is 23.2 Å². The number of carboxylic acids is 1. The number of nitrogens with zero attached hydrogens (tertiary/aromatic N) is 1. The van der Waals surface area contributed by atoms with E-state index in [-0.39, 0.29) is 0 Å². The van der Waals surface area contributed by atoms with Gasteiger partial charge in [0.2, 0.25) is 0 Å². The molecule has 13 heavy (non-hydrogen) atoms. The van der Waals surface area contributed by atoms with Crippen LogP contribution in [0.4, 0.5) is 0 Å². The van der Waals surface area contributed by atoms with E-state index in [0.29, 0.717) is 11.8 Å². The topological polar surface area (TPSA) is 66.7 Å². The highest BCUT2D eigenvalue weighted by molar-refractivity contribution is 6.25. The molecule has 1 aromatic carbocycles. The van der Waals surface area contributed by atoms with Gasteiger partial charge in [0.25, 0.3) is 5.91 Å². The van der Waals surface area contributed by atoms with Crippen molar-refractivity contribution in [2.75, 3.05) is 0 Å². The zero-order chi connectivity index (χ0) is 9.68. The fourth-order valence-electron chi connectivity index (χ4n) is 0.769. The number of aliphatic carboxylic acids is 1. The quantitative estimate of drug-likeness (QED) is 0.685. The summed E-state index contributed by atoms with van der Waals surface area (Å²) in [6.45, 7) is 0. The zero-order valence-corrected chi connectivity index (χ0v) is 6.68. The number of hydrogen-bond donors (Lipinski definition) is 1. The molecule has 0 aliphatic heterocycles. The second-order valence-corrected chi connectivity index (χ2v) is 2.27. The van der Waals surface area contributed by atoms with Gasteiger partial charge in [-0.3, -0.25) is 4.79 Å². The molecule has 1 N–H and O–H groups in total. The number of benzene rings is 1. The largest absolute Gasteiger partial charge is 0.477 e. The van der Waals surface area contributed by atoms with Crippen molar-refractivity contribution in [3.63, 3.8) is 0 Å². The van der Waals surface area contributed by atoms with Crippen molar-refractivity contribution >= 4 is 18.1 Å². The smallest absolute Gasteiger partial charge is 0.347 e. The summed E-state index contributed by atoms with van der Waals surface area (Å²) in [4.78, 5) is 24.4. The Morgan fingerprint density at radius 3 is 2.38 bits per heavy atom. The number of hydrogen-bond acceptors (Lipinski definition) is 2. The molecule has 1 amide bonds. The number of carbonyl (C=O) groups is 2. The van der Waals surface area contributed by atoms with Crippen LogP contribution in [-0.2, 0) is 4.79 Å². The van der Waals surface area contributed by atoms with Gasteiger partial charge in [-0.15, -0.1) is 0 Å². The lowest BCUT2D eigenvalue weighted by molar-refractivity contribution is -0.128. The molecule has 0 aromatic heterocycles. The van der Waals surface area contributed by atoms with Gasteiger partial charge in [0.1, 0.15) is 6.21 Å².